The molecule has 3 rings (SSSR count). The van der Waals surface area contributed by atoms with Crippen molar-refractivity contribution in [2.45, 2.75) is 13.5 Å². The Labute approximate surface area is 145 Å². The Morgan fingerprint density at radius 2 is 2.00 bits per heavy atom. The monoisotopic (exact) mass is 394 g/mol. The van der Waals surface area contributed by atoms with Crippen LogP contribution in [0.1, 0.15) is 17.3 Å². The molecule has 0 saturated carbocycles. The van der Waals surface area contributed by atoms with Crippen LogP contribution in [0.2, 0.25) is 5.02 Å². The van der Waals surface area contributed by atoms with Gasteiger partial charge in [0.15, 0.2) is 4.80 Å². The molecule has 1 heterocycles. The highest BCUT2D eigenvalue weighted by atomic mass is 79.9. The average molecular weight is 396 g/mol. The van der Waals surface area contributed by atoms with Crippen LogP contribution in [0.3, 0.4) is 0 Å². The molecule has 0 aliphatic rings. The van der Waals surface area contributed by atoms with Crippen molar-refractivity contribution in [1.29, 1.82) is 0 Å². The van der Waals surface area contributed by atoms with Crippen molar-refractivity contribution in [1.82, 2.24) is 4.57 Å². The van der Waals surface area contributed by atoms with E-state index >= 15 is 0 Å². The van der Waals surface area contributed by atoms with Crippen molar-refractivity contribution in [2.24, 2.45) is 4.99 Å². The van der Waals surface area contributed by atoms with Gasteiger partial charge < -0.3 is 4.57 Å². The average Bonchev–Trinajstić information content (AvgIpc) is 2.86. The number of thiazole rings is 1. The minimum atomic E-state index is -0.252. The number of aromatic nitrogens is 1. The Kier molecular flexibility index (Phi) is 4.47. The topological polar surface area (TPSA) is 34.4 Å². The maximum absolute atomic E-state index is 12.3. The number of fused-ring (bicyclic) bond motifs is 1. The molecular weight excluding hydrogens is 384 g/mol. The molecule has 2 aromatic carbocycles. The summed E-state index contributed by atoms with van der Waals surface area (Å²) in [6.45, 7) is 2.72. The molecule has 0 aliphatic carbocycles. The second-order valence-electron chi connectivity index (χ2n) is 4.64. The second-order valence-corrected chi connectivity index (χ2v) is 6.97. The normalized spacial score (nSPS) is 12.0. The summed E-state index contributed by atoms with van der Waals surface area (Å²) in [5.41, 5.74) is 1.49. The Morgan fingerprint density at radius 1 is 1.27 bits per heavy atom. The summed E-state index contributed by atoms with van der Waals surface area (Å²) in [5, 5.41) is 0.674. The number of hydrogen-bond donors (Lipinski definition) is 0. The molecule has 112 valence electrons. The summed E-state index contributed by atoms with van der Waals surface area (Å²) in [5.74, 6) is -0.252. The molecular formula is C16H12BrClN2OS. The van der Waals surface area contributed by atoms with Crippen LogP contribution in [0.5, 0.6) is 0 Å². The van der Waals surface area contributed by atoms with Crippen LogP contribution < -0.4 is 4.80 Å². The van der Waals surface area contributed by atoms with Gasteiger partial charge in [0, 0.05) is 16.6 Å². The van der Waals surface area contributed by atoms with E-state index < -0.39 is 0 Å². The molecule has 0 radical (unpaired) electrons. The van der Waals surface area contributed by atoms with Gasteiger partial charge in [0.05, 0.1) is 15.2 Å². The van der Waals surface area contributed by atoms with E-state index in [4.69, 9.17) is 11.6 Å². The number of carbonyl (C=O) groups excluding carboxylic acids is 1. The number of benzene rings is 2. The summed E-state index contributed by atoms with van der Waals surface area (Å²) in [6.07, 6.45) is 0. The molecule has 0 unspecified atom stereocenters. The predicted octanol–water partition coefficient (Wildman–Crippen LogP) is 4.88. The third kappa shape index (κ3) is 2.89. The van der Waals surface area contributed by atoms with E-state index in [1.807, 2.05) is 41.8 Å². The fourth-order valence-electron chi connectivity index (χ4n) is 2.21. The first kappa shape index (κ1) is 15.5. The molecule has 0 bridgehead atoms. The van der Waals surface area contributed by atoms with Crippen LogP contribution in [0.15, 0.2) is 51.9 Å². The number of hydrogen-bond acceptors (Lipinski definition) is 2. The number of aryl methyl sites for hydroxylation is 1. The number of nitrogens with zero attached hydrogens (tertiary/aromatic N) is 2. The lowest BCUT2D eigenvalue weighted by Crippen LogP contribution is -2.16. The standard InChI is InChI=1S/C16H12BrClN2OS/c1-2-20-14-12(18)4-3-5-13(14)22-16(20)19-15(21)10-6-8-11(17)9-7-10/h3-9H,2H2,1H3. The lowest BCUT2D eigenvalue weighted by atomic mass is 10.2. The molecule has 0 spiro atoms. The van der Waals surface area contributed by atoms with Crippen LogP contribution in [-0.2, 0) is 6.54 Å². The van der Waals surface area contributed by atoms with Gasteiger partial charge in [-0.25, -0.2) is 0 Å². The van der Waals surface area contributed by atoms with Crippen LogP contribution in [0.25, 0.3) is 10.2 Å². The summed E-state index contributed by atoms with van der Waals surface area (Å²) in [7, 11) is 0. The van der Waals surface area contributed by atoms with Crippen molar-refractivity contribution < 1.29 is 4.79 Å². The van der Waals surface area contributed by atoms with E-state index in [1.54, 1.807) is 12.1 Å². The summed E-state index contributed by atoms with van der Waals surface area (Å²) < 4.78 is 3.93. The van der Waals surface area contributed by atoms with E-state index in [9.17, 15) is 4.79 Å². The lowest BCUT2D eigenvalue weighted by molar-refractivity contribution is 0.0998. The Hall–Kier alpha value is -1.43. The van der Waals surface area contributed by atoms with Crippen molar-refractivity contribution in [3.8, 4) is 0 Å². The molecule has 0 aliphatic heterocycles. The maximum atomic E-state index is 12.3. The molecule has 0 N–H and O–H groups in total. The Bertz CT molecular complexity index is 912. The van der Waals surface area contributed by atoms with Crippen molar-refractivity contribution in [3.63, 3.8) is 0 Å². The lowest BCUT2D eigenvalue weighted by Gasteiger charge is -2.01. The highest BCUT2D eigenvalue weighted by molar-refractivity contribution is 9.10. The van der Waals surface area contributed by atoms with Gasteiger partial charge in [0.1, 0.15) is 0 Å². The molecule has 1 aromatic heterocycles. The molecule has 1 amide bonds. The first-order valence-electron chi connectivity index (χ1n) is 6.72. The van der Waals surface area contributed by atoms with Gasteiger partial charge in [0.2, 0.25) is 0 Å². The molecule has 6 heteroatoms. The van der Waals surface area contributed by atoms with Gasteiger partial charge in [0.25, 0.3) is 5.91 Å². The molecule has 0 atom stereocenters. The number of rotatable bonds is 2. The van der Waals surface area contributed by atoms with Gasteiger partial charge in [-0.2, -0.15) is 4.99 Å². The fraction of sp³-hybridized carbons (Fsp3) is 0.125. The molecule has 22 heavy (non-hydrogen) atoms. The van der Waals surface area contributed by atoms with E-state index in [0.29, 0.717) is 21.9 Å². The third-order valence-electron chi connectivity index (χ3n) is 3.26. The highest BCUT2D eigenvalue weighted by Gasteiger charge is 2.10. The highest BCUT2D eigenvalue weighted by Crippen LogP contribution is 2.25. The number of amides is 1. The number of halogens is 2. The van der Waals surface area contributed by atoms with Crippen molar-refractivity contribution in [3.05, 3.63) is 62.3 Å². The second kappa shape index (κ2) is 6.36. The number of carbonyl (C=O) groups is 1. The van der Waals surface area contributed by atoms with Crippen LogP contribution in [0.4, 0.5) is 0 Å². The summed E-state index contributed by atoms with van der Waals surface area (Å²) >= 11 is 11.1. The van der Waals surface area contributed by atoms with Crippen LogP contribution >= 0.6 is 38.9 Å². The van der Waals surface area contributed by atoms with Crippen LogP contribution in [-0.4, -0.2) is 10.5 Å². The quantitative estimate of drug-likeness (QED) is 0.609. The zero-order valence-electron chi connectivity index (χ0n) is 11.7. The number of para-hydroxylation sites is 1. The maximum Gasteiger partial charge on any atom is 0.279 e. The molecule has 3 nitrogen and oxygen atoms in total. The summed E-state index contributed by atoms with van der Waals surface area (Å²) in [6, 6.07) is 12.9. The fourth-order valence-corrected chi connectivity index (χ4v) is 3.93. The largest absolute Gasteiger partial charge is 0.315 e. The van der Waals surface area contributed by atoms with Gasteiger partial charge in [-0.05, 0) is 43.3 Å². The van der Waals surface area contributed by atoms with Gasteiger partial charge in [-0.15, -0.1) is 0 Å². The molecule has 0 saturated heterocycles. The first-order chi connectivity index (χ1) is 10.6. The zero-order chi connectivity index (χ0) is 15.7. The Morgan fingerprint density at radius 3 is 2.68 bits per heavy atom. The Balaban J connectivity index is 2.15. The van der Waals surface area contributed by atoms with Gasteiger partial charge >= 0.3 is 0 Å². The minimum Gasteiger partial charge on any atom is -0.315 e. The van der Waals surface area contributed by atoms with E-state index in [0.717, 1.165) is 14.7 Å². The first-order valence-corrected chi connectivity index (χ1v) is 8.71. The van der Waals surface area contributed by atoms with E-state index in [2.05, 4.69) is 20.9 Å². The van der Waals surface area contributed by atoms with Gasteiger partial charge in [-0.3, -0.25) is 4.79 Å². The zero-order valence-corrected chi connectivity index (χ0v) is 14.9. The van der Waals surface area contributed by atoms with E-state index in [1.165, 1.54) is 11.3 Å². The van der Waals surface area contributed by atoms with Crippen molar-refractivity contribution >= 4 is 55.0 Å². The molecule has 0 fully saturated rings. The SMILES string of the molecule is CCn1c(=NC(=O)c2ccc(Br)cc2)sc2cccc(Cl)c21. The summed E-state index contributed by atoms with van der Waals surface area (Å²) in [4.78, 5) is 17.3. The van der Waals surface area contributed by atoms with Gasteiger partial charge in [-0.1, -0.05) is 44.9 Å². The van der Waals surface area contributed by atoms with Crippen LogP contribution in [0, 0.1) is 0 Å². The minimum absolute atomic E-state index is 0.252. The smallest absolute Gasteiger partial charge is 0.279 e. The van der Waals surface area contributed by atoms with Crippen molar-refractivity contribution in [2.75, 3.05) is 0 Å². The van der Waals surface area contributed by atoms with E-state index in [-0.39, 0.29) is 5.91 Å². The predicted molar refractivity (Wildman–Crippen MR) is 94.5 cm³/mol. The third-order valence-corrected chi connectivity index (χ3v) is 5.13. The molecule has 3 aromatic rings.